The van der Waals surface area contributed by atoms with Crippen molar-refractivity contribution in [2.75, 3.05) is 17.2 Å². The van der Waals surface area contributed by atoms with E-state index in [1.807, 2.05) is 31.2 Å². The first kappa shape index (κ1) is 24.5. The number of nitro groups is 1. The van der Waals surface area contributed by atoms with E-state index in [1.54, 1.807) is 0 Å². The lowest BCUT2D eigenvalue weighted by atomic mass is 9.91. The Labute approximate surface area is 213 Å². The number of nitrogens with one attached hydrogen (secondary N) is 5. The van der Waals surface area contributed by atoms with Gasteiger partial charge in [-0.05, 0) is 75.5 Å². The minimum absolute atomic E-state index is 0.0166. The Morgan fingerprint density at radius 3 is 2.56 bits per heavy atom. The molecular weight excluding hydrogens is 480 g/mol. The normalized spacial score (nSPS) is 19.6. The molecule has 1 aromatic heterocycles. The summed E-state index contributed by atoms with van der Waals surface area (Å²) >= 11 is 1.49. The van der Waals surface area contributed by atoms with Crippen LogP contribution in [-0.2, 0) is 17.6 Å². The molecule has 1 aromatic carbocycles. The van der Waals surface area contributed by atoms with E-state index in [4.69, 9.17) is 0 Å². The van der Waals surface area contributed by atoms with Crippen LogP contribution >= 0.6 is 11.3 Å². The van der Waals surface area contributed by atoms with Crippen molar-refractivity contribution in [2.24, 2.45) is 11.8 Å². The van der Waals surface area contributed by atoms with E-state index in [9.17, 15) is 19.7 Å². The Morgan fingerprint density at radius 1 is 1.14 bits per heavy atom. The van der Waals surface area contributed by atoms with Crippen molar-refractivity contribution in [1.29, 1.82) is 0 Å². The van der Waals surface area contributed by atoms with Gasteiger partial charge in [-0.3, -0.25) is 14.9 Å². The first-order valence-corrected chi connectivity index (χ1v) is 13.4. The van der Waals surface area contributed by atoms with Gasteiger partial charge in [0.05, 0.1) is 5.56 Å². The van der Waals surface area contributed by atoms with Crippen molar-refractivity contribution >= 4 is 33.8 Å². The summed E-state index contributed by atoms with van der Waals surface area (Å²) in [5.74, 6) is 0.424. The molecule has 36 heavy (non-hydrogen) atoms. The molecule has 0 bridgehead atoms. The quantitative estimate of drug-likeness (QED) is 0.177. The predicted octanol–water partition coefficient (Wildman–Crippen LogP) is 3.17. The maximum atomic E-state index is 13.3. The van der Waals surface area contributed by atoms with Gasteiger partial charge in [0.25, 0.3) is 5.91 Å². The highest BCUT2D eigenvalue weighted by Crippen LogP contribution is 2.40. The Kier molecular flexibility index (Phi) is 7.10. The van der Waals surface area contributed by atoms with Crippen LogP contribution in [0.4, 0.5) is 10.7 Å². The summed E-state index contributed by atoms with van der Waals surface area (Å²) in [6.45, 7) is 2.63. The zero-order valence-electron chi connectivity index (χ0n) is 20.3. The van der Waals surface area contributed by atoms with E-state index in [0.717, 1.165) is 60.2 Å². The zero-order valence-corrected chi connectivity index (χ0v) is 21.1. The number of anilines is 2. The van der Waals surface area contributed by atoms with Crippen LogP contribution in [0.5, 0.6) is 0 Å². The molecule has 192 valence electrons. The summed E-state index contributed by atoms with van der Waals surface area (Å²) in [4.78, 5) is 38.1. The van der Waals surface area contributed by atoms with Gasteiger partial charge >= 0.3 is 0 Å². The van der Waals surface area contributed by atoms with Gasteiger partial charge in [-0.25, -0.2) is 10.1 Å². The molecule has 2 atom stereocenters. The van der Waals surface area contributed by atoms with Crippen molar-refractivity contribution in [1.82, 2.24) is 16.1 Å². The Bertz CT molecular complexity index is 1140. The van der Waals surface area contributed by atoms with Gasteiger partial charge in [0.15, 0.2) is 5.03 Å². The van der Waals surface area contributed by atoms with Crippen molar-refractivity contribution < 1.29 is 14.6 Å². The summed E-state index contributed by atoms with van der Waals surface area (Å²) in [6.07, 6.45) is 5.30. The maximum Gasteiger partial charge on any atom is 0.254 e. The lowest BCUT2D eigenvalue weighted by molar-refractivity contribution is -0.551. The van der Waals surface area contributed by atoms with Crippen molar-refractivity contribution in [3.05, 3.63) is 55.9 Å². The number of rotatable bonds is 11. The minimum Gasteiger partial charge on any atom is -0.352 e. The summed E-state index contributed by atoms with van der Waals surface area (Å²) in [7, 11) is 0. The molecule has 3 aliphatic rings. The number of hydrazine groups is 1. The van der Waals surface area contributed by atoms with Gasteiger partial charge in [0.1, 0.15) is 5.00 Å². The molecule has 5 rings (SSSR count). The van der Waals surface area contributed by atoms with E-state index in [2.05, 4.69) is 26.7 Å². The summed E-state index contributed by atoms with van der Waals surface area (Å²) in [6, 6.07) is 7.53. The second-order valence-corrected chi connectivity index (χ2v) is 11.2. The summed E-state index contributed by atoms with van der Waals surface area (Å²) in [5.41, 5.74) is 5.65. The molecule has 10 nitrogen and oxygen atoms in total. The van der Waals surface area contributed by atoms with Crippen LogP contribution in [-0.4, -0.2) is 35.7 Å². The number of thiophene rings is 1. The largest absolute Gasteiger partial charge is 0.352 e. The fraction of sp³-hybridized carbons (Fsp3) is 0.520. The zero-order chi connectivity index (χ0) is 25.2. The second kappa shape index (κ2) is 10.4. The summed E-state index contributed by atoms with van der Waals surface area (Å²) in [5, 5.41) is 23.8. The highest BCUT2D eigenvalue weighted by molar-refractivity contribution is 7.17. The SMILES string of the molecule is Cc1ccc(N[C@@H](NC2CCc3sc(NC(=O)C4CC4)c(C(=O)NCC4CC4)c3C2)N[N+](=O)[O-])cc1. The third-order valence-corrected chi connectivity index (χ3v) is 8.13. The van der Waals surface area contributed by atoms with Crippen molar-refractivity contribution in [3.8, 4) is 0 Å². The van der Waals surface area contributed by atoms with Gasteiger partial charge in [0.2, 0.25) is 12.2 Å². The summed E-state index contributed by atoms with van der Waals surface area (Å²) < 4.78 is 0. The molecular formula is C25H32N6O4S. The first-order chi connectivity index (χ1) is 17.4. The van der Waals surface area contributed by atoms with Gasteiger partial charge < -0.3 is 16.0 Å². The monoisotopic (exact) mass is 512 g/mol. The number of hydrogen-bond donors (Lipinski definition) is 5. The number of fused-ring (bicyclic) bond motifs is 1. The first-order valence-electron chi connectivity index (χ1n) is 12.6. The van der Waals surface area contributed by atoms with E-state index < -0.39 is 11.3 Å². The number of benzene rings is 1. The molecule has 0 aliphatic heterocycles. The topological polar surface area (TPSA) is 137 Å². The van der Waals surface area contributed by atoms with Crippen molar-refractivity contribution in [3.63, 3.8) is 0 Å². The van der Waals surface area contributed by atoms with Gasteiger partial charge in [-0.15, -0.1) is 16.8 Å². The standard InChI is InChI=1S/C25H32N6O4S/c1-14-2-8-17(9-3-14)27-25(30-31(34)35)28-18-10-11-20-19(12-18)21(23(33)26-13-15-4-5-15)24(36-20)29-22(32)16-6-7-16/h2-3,8-9,15-16,18,25,27-28,30H,4-7,10-13H2,1H3,(H,26,33)(H,29,32)/t18?,25-/m0/s1. The molecule has 1 heterocycles. The molecule has 2 fully saturated rings. The van der Waals surface area contributed by atoms with E-state index in [-0.39, 0.29) is 23.8 Å². The molecule has 0 radical (unpaired) electrons. The van der Waals surface area contributed by atoms with Crippen molar-refractivity contribution in [2.45, 2.75) is 64.2 Å². The predicted molar refractivity (Wildman–Crippen MR) is 138 cm³/mol. The molecule has 0 spiro atoms. The Hall–Kier alpha value is -3.18. The van der Waals surface area contributed by atoms with Crippen LogP contribution in [0.1, 0.15) is 58.5 Å². The number of hydrogen-bond acceptors (Lipinski definition) is 7. The van der Waals surface area contributed by atoms with Gasteiger partial charge in [-0.1, -0.05) is 17.7 Å². The molecule has 5 N–H and O–H groups in total. The van der Waals surface area contributed by atoms with E-state index in [1.165, 1.54) is 11.3 Å². The van der Waals surface area contributed by atoms with Crippen LogP contribution in [0.3, 0.4) is 0 Å². The van der Waals surface area contributed by atoms with Crippen LogP contribution in [0.2, 0.25) is 0 Å². The number of aryl methyl sites for hydroxylation is 2. The minimum atomic E-state index is -0.797. The molecule has 2 saturated carbocycles. The highest BCUT2D eigenvalue weighted by Gasteiger charge is 2.35. The van der Waals surface area contributed by atoms with Crippen LogP contribution in [0, 0.1) is 28.9 Å². The van der Waals surface area contributed by atoms with Gasteiger partial charge in [-0.2, -0.15) is 0 Å². The molecule has 2 aromatic rings. The van der Waals surface area contributed by atoms with Crippen LogP contribution in [0.25, 0.3) is 0 Å². The molecule has 11 heteroatoms. The van der Waals surface area contributed by atoms with E-state index >= 15 is 0 Å². The lowest BCUT2D eigenvalue weighted by Gasteiger charge is -2.28. The Morgan fingerprint density at radius 2 is 1.89 bits per heavy atom. The highest BCUT2D eigenvalue weighted by atomic mass is 32.1. The fourth-order valence-corrected chi connectivity index (χ4v) is 5.77. The molecule has 1 unspecified atom stereocenters. The lowest BCUT2D eigenvalue weighted by Crippen LogP contribution is -2.55. The fourth-order valence-electron chi connectivity index (χ4n) is 4.53. The number of carbonyl (C=O) groups is 2. The molecule has 0 saturated heterocycles. The third-order valence-electron chi connectivity index (χ3n) is 6.92. The number of nitrogens with zero attached hydrogens (tertiary/aromatic N) is 1. The number of carbonyl (C=O) groups excluding carboxylic acids is 2. The second-order valence-electron chi connectivity index (χ2n) is 10.1. The smallest absolute Gasteiger partial charge is 0.254 e. The maximum absolute atomic E-state index is 13.3. The molecule has 3 aliphatic carbocycles. The van der Waals surface area contributed by atoms with Gasteiger partial charge in [0, 0.05) is 29.1 Å². The van der Waals surface area contributed by atoms with Crippen LogP contribution in [0.15, 0.2) is 24.3 Å². The van der Waals surface area contributed by atoms with Crippen LogP contribution < -0.4 is 26.7 Å². The average molecular weight is 513 g/mol. The van der Waals surface area contributed by atoms with E-state index in [0.29, 0.717) is 29.4 Å². The number of amides is 2. The molecule has 2 amide bonds. The third kappa shape index (κ3) is 6.14. The average Bonchev–Trinajstić information content (AvgIpc) is 3.75. The Balaban J connectivity index is 1.33.